The molecule has 2 amide bonds. The van der Waals surface area contributed by atoms with E-state index in [9.17, 15) is 9.59 Å². The first kappa shape index (κ1) is 17.2. The van der Waals surface area contributed by atoms with Crippen molar-refractivity contribution in [3.63, 3.8) is 0 Å². The summed E-state index contributed by atoms with van der Waals surface area (Å²) < 4.78 is 5.12. The summed E-state index contributed by atoms with van der Waals surface area (Å²) in [5, 5.41) is 20.9. The smallest absolute Gasteiger partial charge is 0.323 e. The maximum absolute atomic E-state index is 12.3. The molecule has 1 saturated heterocycles. The monoisotopic (exact) mass is 362 g/mol. The highest BCUT2D eigenvalue weighted by molar-refractivity contribution is 7.18. The van der Waals surface area contributed by atoms with Gasteiger partial charge < -0.3 is 14.7 Å². The molecule has 3 rings (SSSR count). The lowest BCUT2D eigenvalue weighted by molar-refractivity contribution is -0.143. The highest BCUT2D eigenvalue weighted by Gasteiger charge is 2.28. The highest BCUT2D eigenvalue weighted by Crippen LogP contribution is 2.28. The van der Waals surface area contributed by atoms with Crippen LogP contribution < -0.4 is 10.1 Å². The van der Waals surface area contributed by atoms with Gasteiger partial charge in [-0.2, -0.15) is 0 Å². The average molecular weight is 362 g/mol. The van der Waals surface area contributed by atoms with Gasteiger partial charge in [0.15, 0.2) is 0 Å². The maximum atomic E-state index is 12.3. The quantitative estimate of drug-likeness (QED) is 0.866. The number of hydrogen-bond acceptors (Lipinski definition) is 6. The molecule has 1 unspecified atom stereocenters. The number of benzene rings is 1. The van der Waals surface area contributed by atoms with Crippen molar-refractivity contribution in [3.8, 4) is 16.3 Å². The number of carbonyl (C=O) groups excluding carboxylic acids is 1. The zero-order valence-electron chi connectivity index (χ0n) is 13.6. The Labute approximate surface area is 148 Å². The number of aromatic nitrogens is 2. The molecule has 1 aromatic carbocycles. The van der Waals surface area contributed by atoms with Crippen LogP contribution in [0.1, 0.15) is 12.8 Å². The van der Waals surface area contributed by atoms with Gasteiger partial charge in [-0.3, -0.25) is 10.1 Å². The summed E-state index contributed by atoms with van der Waals surface area (Å²) in [4.78, 5) is 24.9. The molecule has 0 bridgehead atoms. The zero-order chi connectivity index (χ0) is 17.8. The first-order valence-corrected chi connectivity index (χ1v) is 8.65. The molecule has 1 atom stereocenters. The number of urea groups is 1. The number of nitrogens with zero attached hydrogens (tertiary/aromatic N) is 3. The Hall–Kier alpha value is -2.68. The molecule has 2 N–H and O–H groups in total. The number of likely N-dealkylation sites (tertiary alicyclic amines) is 1. The number of methoxy groups -OCH3 is 1. The van der Waals surface area contributed by atoms with Crippen LogP contribution in [0.2, 0.25) is 0 Å². The molecule has 0 radical (unpaired) electrons. The van der Waals surface area contributed by atoms with Crippen LogP contribution in [0.5, 0.6) is 5.75 Å². The number of amides is 2. The largest absolute Gasteiger partial charge is 0.497 e. The second kappa shape index (κ2) is 7.47. The van der Waals surface area contributed by atoms with Gasteiger partial charge in [0.1, 0.15) is 10.8 Å². The number of aliphatic carboxylic acids is 1. The van der Waals surface area contributed by atoms with Crippen LogP contribution in [0.15, 0.2) is 24.3 Å². The van der Waals surface area contributed by atoms with Gasteiger partial charge in [0, 0.05) is 18.7 Å². The van der Waals surface area contributed by atoms with Gasteiger partial charge in [-0.15, -0.1) is 10.2 Å². The number of rotatable bonds is 4. The van der Waals surface area contributed by atoms with Gasteiger partial charge in [0.05, 0.1) is 13.0 Å². The fourth-order valence-corrected chi connectivity index (χ4v) is 3.40. The third-order valence-corrected chi connectivity index (χ3v) is 4.92. The van der Waals surface area contributed by atoms with Gasteiger partial charge in [-0.05, 0) is 37.1 Å². The number of piperidine rings is 1. The summed E-state index contributed by atoms with van der Waals surface area (Å²) >= 11 is 1.26. The summed E-state index contributed by atoms with van der Waals surface area (Å²) in [6, 6.07) is 7.05. The molecular weight excluding hydrogens is 344 g/mol. The van der Waals surface area contributed by atoms with E-state index < -0.39 is 11.9 Å². The Morgan fingerprint density at radius 3 is 2.76 bits per heavy atom. The Kier molecular flexibility index (Phi) is 5.13. The SMILES string of the molecule is COc1ccc(-c2nnc(NC(=O)N3CCCC(C(=O)O)C3)s2)cc1. The molecular formula is C16H18N4O4S. The van der Waals surface area contributed by atoms with Crippen LogP contribution in [0.3, 0.4) is 0 Å². The Morgan fingerprint density at radius 1 is 1.32 bits per heavy atom. The Morgan fingerprint density at radius 2 is 2.08 bits per heavy atom. The van der Waals surface area contributed by atoms with E-state index in [2.05, 4.69) is 15.5 Å². The molecule has 8 nitrogen and oxygen atoms in total. The lowest BCUT2D eigenvalue weighted by atomic mass is 9.99. The van der Waals surface area contributed by atoms with Crippen LogP contribution in [-0.2, 0) is 4.79 Å². The fraction of sp³-hybridized carbons (Fsp3) is 0.375. The van der Waals surface area contributed by atoms with Crippen LogP contribution in [0.4, 0.5) is 9.93 Å². The number of carboxylic acids is 1. The Bertz CT molecular complexity index is 762. The van der Waals surface area contributed by atoms with Crippen molar-refractivity contribution >= 4 is 28.5 Å². The number of carbonyl (C=O) groups is 2. The molecule has 0 spiro atoms. The van der Waals surface area contributed by atoms with Crippen LogP contribution in [0, 0.1) is 5.92 Å². The second-order valence-corrected chi connectivity index (χ2v) is 6.67. The second-order valence-electron chi connectivity index (χ2n) is 5.69. The van der Waals surface area contributed by atoms with Gasteiger partial charge in [0.2, 0.25) is 5.13 Å². The molecule has 0 saturated carbocycles. The molecule has 0 aliphatic carbocycles. The summed E-state index contributed by atoms with van der Waals surface area (Å²) in [5.74, 6) is -0.626. The van der Waals surface area contributed by atoms with E-state index in [0.29, 0.717) is 29.5 Å². The highest BCUT2D eigenvalue weighted by atomic mass is 32.1. The Balaban J connectivity index is 1.64. The van der Waals surface area contributed by atoms with E-state index in [0.717, 1.165) is 11.3 Å². The van der Waals surface area contributed by atoms with Gasteiger partial charge in [-0.25, -0.2) is 4.79 Å². The van der Waals surface area contributed by atoms with Crippen molar-refractivity contribution in [1.29, 1.82) is 0 Å². The predicted octanol–water partition coefficient (Wildman–Crippen LogP) is 2.54. The molecule has 25 heavy (non-hydrogen) atoms. The molecule has 1 aliphatic rings. The number of anilines is 1. The first-order valence-electron chi connectivity index (χ1n) is 7.83. The normalized spacial score (nSPS) is 17.2. The third-order valence-electron chi connectivity index (χ3n) is 4.03. The van der Waals surface area contributed by atoms with E-state index in [-0.39, 0.29) is 12.6 Å². The maximum Gasteiger partial charge on any atom is 0.323 e. The zero-order valence-corrected chi connectivity index (χ0v) is 14.5. The van der Waals surface area contributed by atoms with E-state index in [1.54, 1.807) is 7.11 Å². The third kappa shape index (κ3) is 4.05. The van der Waals surface area contributed by atoms with Crippen LogP contribution in [0.25, 0.3) is 10.6 Å². The van der Waals surface area contributed by atoms with Crippen LogP contribution >= 0.6 is 11.3 Å². The standard InChI is InChI=1S/C16H18N4O4S/c1-24-12-6-4-10(5-7-12)13-18-19-15(25-13)17-16(23)20-8-2-3-11(9-20)14(21)22/h4-7,11H,2-3,8-9H2,1H3,(H,21,22)(H,17,19,23). The van der Waals surface area contributed by atoms with Gasteiger partial charge in [-0.1, -0.05) is 11.3 Å². The lowest BCUT2D eigenvalue weighted by Crippen LogP contribution is -2.44. The van der Waals surface area contributed by atoms with E-state index in [1.807, 2.05) is 24.3 Å². The molecule has 2 aromatic rings. The number of nitrogens with one attached hydrogen (secondary N) is 1. The van der Waals surface area contributed by atoms with Gasteiger partial charge in [0.25, 0.3) is 0 Å². The topological polar surface area (TPSA) is 105 Å². The number of ether oxygens (including phenoxy) is 1. The molecule has 132 valence electrons. The minimum Gasteiger partial charge on any atom is -0.497 e. The minimum atomic E-state index is -0.866. The molecule has 2 heterocycles. The minimum absolute atomic E-state index is 0.214. The van der Waals surface area contributed by atoms with E-state index in [4.69, 9.17) is 9.84 Å². The summed E-state index contributed by atoms with van der Waals surface area (Å²) in [6.45, 7) is 0.755. The van der Waals surface area contributed by atoms with E-state index >= 15 is 0 Å². The summed E-state index contributed by atoms with van der Waals surface area (Å²) in [7, 11) is 1.60. The lowest BCUT2D eigenvalue weighted by Gasteiger charge is -2.30. The molecule has 1 fully saturated rings. The molecule has 1 aliphatic heterocycles. The van der Waals surface area contributed by atoms with Crippen LogP contribution in [-0.4, -0.2) is 52.4 Å². The summed E-state index contributed by atoms with van der Waals surface area (Å²) in [6.07, 6.45) is 1.27. The van der Waals surface area contributed by atoms with Crippen molar-refractivity contribution in [2.45, 2.75) is 12.8 Å². The van der Waals surface area contributed by atoms with Gasteiger partial charge >= 0.3 is 12.0 Å². The van der Waals surface area contributed by atoms with Crippen molar-refractivity contribution in [1.82, 2.24) is 15.1 Å². The van der Waals surface area contributed by atoms with Crippen molar-refractivity contribution in [3.05, 3.63) is 24.3 Å². The van der Waals surface area contributed by atoms with Crippen molar-refractivity contribution < 1.29 is 19.4 Å². The summed E-state index contributed by atoms with van der Waals surface area (Å²) in [5.41, 5.74) is 0.878. The number of carboxylic acid groups (broad SMARTS) is 1. The average Bonchev–Trinajstić information content (AvgIpc) is 3.10. The van der Waals surface area contributed by atoms with Crippen molar-refractivity contribution in [2.75, 3.05) is 25.5 Å². The first-order chi connectivity index (χ1) is 12.1. The van der Waals surface area contributed by atoms with E-state index in [1.165, 1.54) is 16.2 Å². The fourth-order valence-electron chi connectivity index (χ4n) is 2.66. The molecule has 9 heteroatoms. The predicted molar refractivity (Wildman–Crippen MR) is 92.8 cm³/mol. The number of hydrogen-bond donors (Lipinski definition) is 2. The van der Waals surface area contributed by atoms with Crippen molar-refractivity contribution in [2.24, 2.45) is 5.92 Å². The molecule has 1 aromatic heterocycles.